The minimum absolute atomic E-state index is 0.0877. The number of nitrogens with zero attached hydrogens (tertiary/aromatic N) is 3. The van der Waals surface area contributed by atoms with E-state index in [1.165, 1.54) is 6.07 Å². The second-order valence-corrected chi connectivity index (χ2v) is 11.7. The van der Waals surface area contributed by atoms with Crippen molar-refractivity contribution in [3.8, 4) is 5.75 Å². The van der Waals surface area contributed by atoms with E-state index in [2.05, 4.69) is 14.7 Å². The number of carboxylic acid groups (broad SMARTS) is 1. The number of phenols is 1. The third-order valence-corrected chi connectivity index (χ3v) is 7.24. The molecule has 3 N–H and O–H groups in total. The van der Waals surface area contributed by atoms with Crippen molar-refractivity contribution in [3.05, 3.63) is 63.6 Å². The molecule has 0 heterocycles. The molecule has 1 aromatic rings. The lowest BCUT2D eigenvalue weighted by molar-refractivity contribution is 0.193. The Hall–Kier alpha value is -2.97. The standard InChI is InChI=1S/C22H30N4O5S/c1-20(2,3)17-11-15(24-19(28)29)12-18(21(4,5)6)22(17,32(30,31)26-25-23)13-14-9-7-8-10-16(14)27/h7-12,15,24,27H,13H2,1-6H3,(H,28,29). The van der Waals surface area contributed by atoms with E-state index in [9.17, 15) is 23.4 Å². The Labute approximate surface area is 188 Å². The molecular formula is C22H30N4O5S. The molecule has 0 fully saturated rings. The number of rotatable bonds is 5. The Balaban J connectivity index is 3.04. The van der Waals surface area contributed by atoms with Crippen molar-refractivity contribution in [1.82, 2.24) is 5.32 Å². The van der Waals surface area contributed by atoms with Crippen LogP contribution in [0.25, 0.3) is 10.4 Å². The summed E-state index contributed by atoms with van der Waals surface area (Å²) in [5.41, 5.74) is 8.72. The van der Waals surface area contributed by atoms with Gasteiger partial charge in [-0.3, -0.25) is 0 Å². The zero-order valence-electron chi connectivity index (χ0n) is 19.1. The quantitative estimate of drug-likeness (QED) is 0.246. The lowest BCUT2D eigenvalue weighted by Gasteiger charge is -2.48. The number of hydrogen-bond donors (Lipinski definition) is 3. The lowest BCUT2D eigenvalue weighted by Crippen LogP contribution is -2.53. The molecular weight excluding hydrogens is 432 g/mol. The Morgan fingerprint density at radius 2 is 1.62 bits per heavy atom. The average Bonchev–Trinajstić information content (AvgIpc) is 2.62. The molecule has 0 bridgehead atoms. The highest BCUT2D eigenvalue weighted by molar-refractivity contribution is 7.91. The Bertz CT molecular complexity index is 1090. The molecule has 1 aromatic carbocycles. The van der Waals surface area contributed by atoms with Crippen LogP contribution in [0, 0.1) is 10.8 Å². The van der Waals surface area contributed by atoms with Crippen molar-refractivity contribution in [2.75, 3.05) is 0 Å². The van der Waals surface area contributed by atoms with Crippen LogP contribution < -0.4 is 5.32 Å². The van der Waals surface area contributed by atoms with Crippen molar-refractivity contribution in [2.24, 2.45) is 15.3 Å². The number of carbonyl (C=O) groups is 1. The molecule has 0 aromatic heterocycles. The van der Waals surface area contributed by atoms with Crippen LogP contribution in [0.4, 0.5) is 4.79 Å². The van der Waals surface area contributed by atoms with E-state index in [1.807, 2.05) is 41.5 Å². The first kappa shape index (κ1) is 25.3. The molecule has 0 saturated carbocycles. The van der Waals surface area contributed by atoms with Gasteiger partial charge in [0, 0.05) is 15.9 Å². The van der Waals surface area contributed by atoms with Gasteiger partial charge in [-0.05, 0) is 39.1 Å². The molecule has 1 aliphatic rings. The second-order valence-electron chi connectivity index (χ2n) is 9.91. The summed E-state index contributed by atoms with van der Waals surface area (Å²) in [5, 5.41) is 22.2. The summed E-state index contributed by atoms with van der Waals surface area (Å²) >= 11 is 0. The zero-order chi connectivity index (χ0) is 24.5. The number of hydrogen-bond acceptors (Lipinski definition) is 4. The molecule has 32 heavy (non-hydrogen) atoms. The van der Waals surface area contributed by atoms with Gasteiger partial charge in [-0.1, -0.05) is 71.9 Å². The maximum Gasteiger partial charge on any atom is 0.405 e. The topological polar surface area (TPSA) is 152 Å². The summed E-state index contributed by atoms with van der Waals surface area (Å²) in [5.74, 6) is -0.0877. The van der Waals surface area contributed by atoms with Gasteiger partial charge in [0.25, 0.3) is 0 Å². The van der Waals surface area contributed by atoms with Gasteiger partial charge in [-0.2, -0.15) is 0 Å². The largest absolute Gasteiger partial charge is 0.508 e. The van der Waals surface area contributed by atoms with Crippen molar-refractivity contribution >= 4 is 16.1 Å². The van der Waals surface area contributed by atoms with Crippen LogP contribution in [-0.2, 0) is 16.4 Å². The predicted molar refractivity (Wildman–Crippen MR) is 123 cm³/mol. The minimum atomic E-state index is -4.54. The fourth-order valence-corrected chi connectivity index (χ4v) is 6.24. The highest BCUT2D eigenvalue weighted by atomic mass is 32.2. The van der Waals surface area contributed by atoms with E-state index in [4.69, 9.17) is 5.53 Å². The van der Waals surface area contributed by atoms with Crippen molar-refractivity contribution in [2.45, 2.75) is 58.8 Å². The van der Waals surface area contributed by atoms with E-state index in [1.54, 1.807) is 30.4 Å². The molecule has 2 rings (SSSR count). The smallest absolute Gasteiger partial charge is 0.405 e. The minimum Gasteiger partial charge on any atom is -0.508 e. The van der Waals surface area contributed by atoms with E-state index >= 15 is 0 Å². The van der Waals surface area contributed by atoms with Crippen molar-refractivity contribution in [3.63, 3.8) is 0 Å². The molecule has 0 atom stereocenters. The zero-order valence-corrected chi connectivity index (χ0v) is 19.9. The van der Waals surface area contributed by atoms with E-state index in [-0.39, 0.29) is 12.2 Å². The second kappa shape index (κ2) is 8.52. The van der Waals surface area contributed by atoms with Gasteiger partial charge in [0.1, 0.15) is 10.5 Å². The monoisotopic (exact) mass is 462 g/mol. The van der Waals surface area contributed by atoms with Gasteiger partial charge in [0.15, 0.2) is 0 Å². The molecule has 10 heteroatoms. The Morgan fingerprint density at radius 1 is 1.12 bits per heavy atom. The van der Waals surface area contributed by atoms with Gasteiger partial charge >= 0.3 is 6.09 Å². The molecule has 0 radical (unpaired) electrons. The number of para-hydroxylation sites is 1. The third kappa shape index (κ3) is 4.76. The van der Waals surface area contributed by atoms with E-state index in [0.717, 1.165) is 0 Å². The number of nitrogens with one attached hydrogen (secondary N) is 1. The molecule has 174 valence electrons. The van der Waals surface area contributed by atoms with Crippen molar-refractivity contribution < 1.29 is 23.4 Å². The van der Waals surface area contributed by atoms with Crippen LogP contribution in [0.1, 0.15) is 47.1 Å². The lowest BCUT2D eigenvalue weighted by atomic mass is 9.64. The molecule has 0 spiro atoms. The third-order valence-electron chi connectivity index (χ3n) is 5.48. The SMILES string of the molecule is CC(C)(C)C1=CC(NC(=O)O)C=C(C(C)(C)C)C1(Cc1ccccc1O)S(=O)(=O)N=[N+]=[N-]. The van der Waals surface area contributed by atoms with Crippen LogP contribution in [0.2, 0.25) is 0 Å². The number of benzene rings is 1. The van der Waals surface area contributed by atoms with Crippen LogP contribution in [0.5, 0.6) is 5.75 Å². The summed E-state index contributed by atoms with van der Waals surface area (Å²) < 4.78 is 28.9. The summed E-state index contributed by atoms with van der Waals surface area (Å²) in [6, 6.07) is 5.60. The molecule has 9 nitrogen and oxygen atoms in total. The average molecular weight is 463 g/mol. The van der Waals surface area contributed by atoms with Gasteiger partial charge in [-0.25, -0.2) is 13.2 Å². The highest BCUT2D eigenvalue weighted by Crippen LogP contribution is 2.54. The molecule has 0 saturated heterocycles. The van der Waals surface area contributed by atoms with E-state index < -0.39 is 37.7 Å². The maximum atomic E-state index is 13.7. The van der Waals surface area contributed by atoms with Gasteiger partial charge in [-0.15, -0.1) is 0 Å². The van der Waals surface area contributed by atoms with Crippen LogP contribution in [0.3, 0.4) is 0 Å². The number of phenolic OH excluding ortho intramolecular Hbond substituents is 1. The molecule has 1 aliphatic carbocycles. The summed E-state index contributed by atoms with van der Waals surface area (Å²) in [6.45, 7) is 10.9. The number of amides is 1. The Kier molecular flexibility index (Phi) is 6.73. The van der Waals surface area contributed by atoms with Crippen LogP contribution in [-0.4, -0.2) is 35.5 Å². The van der Waals surface area contributed by atoms with E-state index in [0.29, 0.717) is 16.7 Å². The van der Waals surface area contributed by atoms with Crippen LogP contribution in [0.15, 0.2) is 52.1 Å². The molecule has 0 unspecified atom stereocenters. The molecule has 1 amide bonds. The molecule has 0 aliphatic heterocycles. The normalized spacial score (nSPS) is 21.8. The van der Waals surface area contributed by atoms with Crippen LogP contribution >= 0.6 is 0 Å². The number of sulfonamides is 1. The summed E-state index contributed by atoms with van der Waals surface area (Å²) in [4.78, 5) is 14.0. The maximum absolute atomic E-state index is 13.7. The summed E-state index contributed by atoms with van der Waals surface area (Å²) in [6.07, 6.45) is 1.68. The predicted octanol–water partition coefficient (Wildman–Crippen LogP) is 4.91. The van der Waals surface area contributed by atoms with Crippen molar-refractivity contribution in [1.29, 1.82) is 0 Å². The van der Waals surface area contributed by atoms with Gasteiger partial charge < -0.3 is 15.5 Å². The van der Waals surface area contributed by atoms with Gasteiger partial charge in [0.2, 0.25) is 10.0 Å². The number of azide groups is 1. The summed E-state index contributed by atoms with van der Waals surface area (Å²) in [7, 11) is -4.54. The fourth-order valence-electron chi connectivity index (χ4n) is 4.36. The highest BCUT2D eigenvalue weighted by Gasteiger charge is 2.57. The first-order valence-corrected chi connectivity index (χ1v) is 11.5. The first-order valence-electron chi connectivity index (χ1n) is 10.1. The Morgan fingerprint density at radius 3 is 2.03 bits per heavy atom. The number of aromatic hydroxyl groups is 1. The first-order chi connectivity index (χ1) is 14.6. The van der Waals surface area contributed by atoms with Gasteiger partial charge in [0.05, 0.1) is 6.04 Å². The fraction of sp³-hybridized carbons (Fsp3) is 0.500.